The Morgan fingerprint density at radius 2 is 1.70 bits per heavy atom. The number of carbonyl (C=O) groups excluding carboxylic acids is 2. The molecule has 0 unspecified atom stereocenters. The van der Waals surface area contributed by atoms with Crippen molar-refractivity contribution in [2.24, 2.45) is 0 Å². The van der Waals surface area contributed by atoms with E-state index in [2.05, 4.69) is 56.6 Å². The Balaban J connectivity index is 1.21. The maximum atomic E-state index is 13.2. The minimum absolute atomic E-state index is 0.0561. The van der Waals surface area contributed by atoms with E-state index in [0.29, 0.717) is 29.5 Å². The van der Waals surface area contributed by atoms with E-state index in [-0.39, 0.29) is 29.7 Å². The molecule has 2 atom stereocenters. The maximum absolute atomic E-state index is 13.2. The van der Waals surface area contributed by atoms with Crippen molar-refractivity contribution in [3.8, 4) is 0 Å². The SMILES string of the molecule is Cc1ccccc1N1CCN(c2ccc(C(=O)N[C@H]3CCC[C@H](O)C3)cc2NC(=O)c2coc(C3CC3)n2)CC1. The summed E-state index contributed by atoms with van der Waals surface area (Å²) in [5.41, 5.74) is 4.64. The van der Waals surface area contributed by atoms with E-state index in [0.717, 1.165) is 64.0 Å². The normalized spacial score (nSPS) is 21.2. The second-order valence-corrected chi connectivity index (χ2v) is 11.3. The van der Waals surface area contributed by atoms with Crippen molar-refractivity contribution in [2.45, 2.75) is 63.5 Å². The quantitative estimate of drug-likeness (QED) is 0.403. The number of aryl methyl sites for hydroxylation is 1. The third kappa shape index (κ3) is 5.84. The molecule has 3 aliphatic rings. The number of aliphatic hydroxyl groups excluding tert-OH is 1. The van der Waals surface area contributed by atoms with E-state index in [1.807, 2.05) is 12.1 Å². The lowest BCUT2D eigenvalue weighted by molar-refractivity contribution is 0.0849. The Labute approximate surface area is 234 Å². The Kier molecular flexibility index (Phi) is 7.47. The van der Waals surface area contributed by atoms with Crippen LogP contribution < -0.4 is 20.4 Å². The zero-order valence-electron chi connectivity index (χ0n) is 22.9. The highest BCUT2D eigenvalue weighted by atomic mass is 16.3. The minimum atomic E-state index is -0.377. The number of amides is 2. The van der Waals surface area contributed by atoms with Gasteiger partial charge in [0, 0.05) is 49.4 Å². The average molecular weight is 544 g/mol. The number of nitrogens with one attached hydrogen (secondary N) is 2. The first kappa shape index (κ1) is 26.4. The number of piperazine rings is 1. The smallest absolute Gasteiger partial charge is 0.277 e. The van der Waals surface area contributed by atoms with E-state index in [1.54, 1.807) is 6.07 Å². The summed E-state index contributed by atoms with van der Waals surface area (Å²) in [6.07, 6.45) is 6.19. The summed E-state index contributed by atoms with van der Waals surface area (Å²) in [4.78, 5) is 35.4. The molecule has 2 saturated carbocycles. The summed E-state index contributed by atoms with van der Waals surface area (Å²) in [5.74, 6) is 0.360. The summed E-state index contributed by atoms with van der Waals surface area (Å²) in [6, 6.07) is 13.8. The van der Waals surface area contributed by atoms with Gasteiger partial charge in [-0.3, -0.25) is 9.59 Å². The molecular formula is C31H37N5O4. The lowest BCUT2D eigenvalue weighted by Gasteiger charge is -2.38. The summed E-state index contributed by atoms with van der Waals surface area (Å²) >= 11 is 0. The van der Waals surface area contributed by atoms with Gasteiger partial charge in [-0.25, -0.2) is 4.98 Å². The summed E-state index contributed by atoms with van der Waals surface area (Å²) in [5, 5.41) is 16.1. The first-order valence-corrected chi connectivity index (χ1v) is 14.4. The first-order valence-electron chi connectivity index (χ1n) is 14.4. The van der Waals surface area contributed by atoms with Gasteiger partial charge in [-0.15, -0.1) is 0 Å². The van der Waals surface area contributed by atoms with Crippen LogP contribution in [0.3, 0.4) is 0 Å². The molecule has 1 aliphatic heterocycles. The van der Waals surface area contributed by atoms with Crippen LogP contribution in [0.25, 0.3) is 0 Å². The lowest BCUT2D eigenvalue weighted by atomic mass is 9.93. The van der Waals surface area contributed by atoms with Crippen molar-refractivity contribution in [3.63, 3.8) is 0 Å². The topological polar surface area (TPSA) is 111 Å². The number of para-hydroxylation sites is 1. The zero-order chi connectivity index (χ0) is 27.6. The van der Waals surface area contributed by atoms with E-state index >= 15 is 0 Å². The third-order valence-corrected chi connectivity index (χ3v) is 8.25. The predicted octanol–water partition coefficient (Wildman–Crippen LogP) is 4.47. The van der Waals surface area contributed by atoms with Crippen LogP contribution in [0.4, 0.5) is 17.1 Å². The van der Waals surface area contributed by atoms with Crippen molar-refractivity contribution >= 4 is 28.9 Å². The second kappa shape index (κ2) is 11.3. The molecule has 40 heavy (non-hydrogen) atoms. The highest BCUT2D eigenvalue weighted by molar-refractivity contribution is 6.06. The van der Waals surface area contributed by atoms with Gasteiger partial charge in [0.2, 0.25) is 0 Å². The molecule has 2 aliphatic carbocycles. The fourth-order valence-electron chi connectivity index (χ4n) is 5.82. The van der Waals surface area contributed by atoms with Gasteiger partial charge in [-0.05, 0) is 75.3 Å². The Hall–Kier alpha value is -3.85. The molecule has 0 radical (unpaired) electrons. The molecule has 2 aromatic carbocycles. The van der Waals surface area contributed by atoms with E-state index < -0.39 is 0 Å². The fraction of sp³-hybridized carbons (Fsp3) is 0.452. The van der Waals surface area contributed by atoms with Crippen LogP contribution in [0.1, 0.15) is 76.7 Å². The molecule has 3 aromatic rings. The van der Waals surface area contributed by atoms with Crippen molar-refractivity contribution in [2.75, 3.05) is 41.3 Å². The zero-order valence-corrected chi connectivity index (χ0v) is 22.9. The first-order chi connectivity index (χ1) is 19.4. The predicted molar refractivity (Wildman–Crippen MR) is 154 cm³/mol. The largest absolute Gasteiger partial charge is 0.448 e. The van der Waals surface area contributed by atoms with Crippen LogP contribution in [-0.4, -0.2) is 60.2 Å². The van der Waals surface area contributed by atoms with Crippen LogP contribution in [-0.2, 0) is 0 Å². The van der Waals surface area contributed by atoms with Gasteiger partial charge in [0.05, 0.1) is 17.5 Å². The fourth-order valence-corrected chi connectivity index (χ4v) is 5.82. The summed E-state index contributed by atoms with van der Waals surface area (Å²) in [6.45, 7) is 5.37. The molecule has 1 aromatic heterocycles. The van der Waals surface area contributed by atoms with E-state index in [9.17, 15) is 14.7 Å². The van der Waals surface area contributed by atoms with Crippen LogP contribution in [0, 0.1) is 6.92 Å². The van der Waals surface area contributed by atoms with Gasteiger partial charge >= 0.3 is 0 Å². The van der Waals surface area contributed by atoms with Crippen LogP contribution in [0.2, 0.25) is 0 Å². The van der Waals surface area contributed by atoms with E-state index in [4.69, 9.17) is 4.42 Å². The standard InChI is InChI=1S/C31H37N5O4/c1-20-5-2-3-8-27(20)35-13-15-36(16-14-35)28-12-11-22(29(38)32-23-6-4-7-24(37)18-23)17-25(28)33-30(39)26-19-40-31(34-26)21-9-10-21/h2-3,5,8,11-12,17,19,21,23-24,37H,4,6-7,9-10,13-16,18H2,1H3,(H,32,38)(H,33,39)/t23-,24-/m0/s1. The molecule has 0 bridgehead atoms. The summed E-state index contributed by atoms with van der Waals surface area (Å²) in [7, 11) is 0. The van der Waals surface area contributed by atoms with Gasteiger partial charge in [0.15, 0.2) is 11.6 Å². The molecule has 210 valence electrons. The van der Waals surface area contributed by atoms with Gasteiger partial charge in [-0.1, -0.05) is 18.2 Å². The molecule has 1 saturated heterocycles. The Morgan fingerprint density at radius 3 is 2.42 bits per heavy atom. The molecule has 6 rings (SSSR count). The van der Waals surface area contributed by atoms with Crippen molar-refractivity contribution < 1.29 is 19.1 Å². The summed E-state index contributed by atoms with van der Waals surface area (Å²) < 4.78 is 5.54. The van der Waals surface area contributed by atoms with Gasteiger partial charge in [0.25, 0.3) is 11.8 Å². The number of oxazole rings is 1. The molecule has 9 heteroatoms. The van der Waals surface area contributed by atoms with Gasteiger partial charge in [-0.2, -0.15) is 0 Å². The number of hydrogen-bond donors (Lipinski definition) is 3. The molecule has 3 N–H and O–H groups in total. The number of aromatic nitrogens is 1. The molecule has 2 amide bonds. The number of nitrogens with zero attached hydrogens (tertiary/aromatic N) is 3. The molecular weight excluding hydrogens is 506 g/mol. The van der Waals surface area contributed by atoms with Gasteiger partial charge < -0.3 is 30.0 Å². The van der Waals surface area contributed by atoms with Crippen LogP contribution in [0.15, 0.2) is 53.1 Å². The molecule has 2 heterocycles. The second-order valence-electron chi connectivity index (χ2n) is 11.3. The van der Waals surface area contributed by atoms with Crippen LogP contribution >= 0.6 is 0 Å². The molecule has 9 nitrogen and oxygen atoms in total. The molecule has 3 fully saturated rings. The Morgan fingerprint density at radius 1 is 0.950 bits per heavy atom. The Bertz CT molecular complexity index is 1380. The lowest BCUT2D eigenvalue weighted by Crippen LogP contribution is -2.47. The van der Waals surface area contributed by atoms with Crippen molar-refractivity contribution in [1.82, 2.24) is 10.3 Å². The van der Waals surface area contributed by atoms with Crippen molar-refractivity contribution in [1.29, 1.82) is 0 Å². The van der Waals surface area contributed by atoms with E-state index in [1.165, 1.54) is 17.5 Å². The van der Waals surface area contributed by atoms with Gasteiger partial charge in [0.1, 0.15) is 6.26 Å². The third-order valence-electron chi connectivity index (χ3n) is 8.25. The average Bonchev–Trinajstić information content (AvgIpc) is 3.69. The molecule has 0 spiro atoms. The maximum Gasteiger partial charge on any atom is 0.277 e. The highest BCUT2D eigenvalue weighted by Crippen LogP contribution is 2.39. The minimum Gasteiger partial charge on any atom is -0.448 e. The highest BCUT2D eigenvalue weighted by Gasteiger charge is 2.30. The number of benzene rings is 2. The number of rotatable bonds is 7. The number of anilines is 3. The van der Waals surface area contributed by atoms with Crippen molar-refractivity contribution in [3.05, 3.63) is 71.4 Å². The monoisotopic (exact) mass is 543 g/mol. The van der Waals surface area contributed by atoms with Crippen LogP contribution in [0.5, 0.6) is 0 Å². The number of aliphatic hydroxyl groups is 1. The number of hydrogen-bond acceptors (Lipinski definition) is 7. The number of carbonyl (C=O) groups is 2.